The molecular formula is C21H38BNO3Si. The van der Waals surface area contributed by atoms with Gasteiger partial charge in [0.25, 0.3) is 0 Å². The lowest BCUT2D eigenvalue weighted by atomic mass is 9.77. The molecule has 0 N–H and O–H groups in total. The van der Waals surface area contributed by atoms with Crippen LogP contribution in [0, 0.1) is 6.92 Å². The summed E-state index contributed by atoms with van der Waals surface area (Å²) in [6.07, 6.45) is 2.84. The van der Waals surface area contributed by atoms with Crippen molar-refractivity contribution in [3.05, 3.63) is 23.5 Å². The summed E-state index contributed by atoms with van der Waals surface area (Å²) in [7, 11) is -2.23. The van der Waals surface area contributed by atoms with Crippen LogP contribution >= 0.6 is 0 Å². The Morgan fingerprint density at radius 1 is 1.15 bits per heavy atom. The number of hydrogen-bond acceptors (Lipinski definition) is 4. The Balaban J connectivity index is 2.26. The lowest BCUT2D eigenvalue weighted by Crippen LogP contribution is -2.42. The Bertz CT molecular complexity index is 666. The zero-order chi connectivity index (χ0) is 20.8. The molecule has 1 aliphatic rings. The average Bonchev–Trinajstić information content (AvgIpc) is 2.71. The molecule has 1 aliphatic heterocycles. The fraction of sp³-hybridized carbons (Fsp3) is 0.762. The summed E-state index contributed by atoms with van der Waals surface area (Å²) in [6.45, 7) is 24.0. The molecular weight excluding hydrogens is 353 g/mol. The van der Waals surface area contributed by atoms with Gasteiger partial charge in [0.15, 0.2) is 8.32 Å². The fourth-order valence-corrected chi connectivity index (χ4v) is 4.22. The SMILES string of the molecule is CC[C@H](O[Si](C)(C)C(C)(C)C)c1cc(C)c(B2OC(C)(C)C(C)(C)O2)cn1. The maximum absolute atomic E-state index is 6.64. The predicted octanol–water partition coefficient (Wildman–Crippen LogP) is 5.16. The maximum Gasteiger partial charge on any atom is 0.496 e. The van der Waals surface area contributed by atoms with E-state index in [-0.39, 0.29) is 29.5 Å². The third-order valence-electron chi connectivity index (χ3n) is 6.62. The molecule has 152 valence electrons. The zero-order valence-corrected chi connectivity index (χ0v) is 20.2. The molecule has 0 unspecified atom stereocenters. The van der Waals surface area contributed by atoms with Crippen molar-refractivity contribution in [3.63, 3.8) is 0 Å². The van der Waals surface area contributed by atoms with Crippen LogP contribution in [0.2, 0.25) is 18.1 Å². The molecule has 1 atom stereocenters. The molecule has 1 aromatic rings. The molecule has 1 saturated heterocycles. The monoisotopic (exact) mass is 391 g/mol. The van der Waals surface area contributed by atoms with Gasteiger partial charge in [0.2, 0.25) is 0 Å². The Morgan fingerprint density at radius 2 is 1.67 bits per heavy atom. The third-order valence-corrected chi connectivity index (χ3v) is 11.1. The molecule has 0 amide bonds. The van der Waals surface area contributed by atoms with Crippen LogP contribution in [0.4, 0.5) is 0 Å². The van der Waals surface area contributed by atoms with E-state index in [9.17, 15) is 0 Å². The highest BCUT2D eigenvalue weighted by Gasteiger charge is 2.52. The molecule has 1 fully saturated rings. The molecule has 2 rings (SSSR count). The normalized spacial score (nSPS) is 20.8. The summed E-state index contributed by atoms with van der Waals surface area (Å²) in [4.78, 5) is 4.75. The van der Waals surface area contributed by atoms with Gasteiger partial charge in [0.05, 0.1) is 23.0 Å². The number of rotatable bonds is 5. The molecule has 27 heavy (non-hydrogen) atoms. The van der Waals surface area contributed by atoms with E-state index in [1.165, 1.54) is 0 Å². The minimum absolute atomic E-state index is 0.0249. The lowest BCUT2D eigenvalue weighted by Gasteiger charge is -2.39. The largest absolute Gasteiger partial charge is 0.496 e. The van der Waals surface area contributed by atoms with Crippen LogP contribution in [-0.4, -0.2) is 31.6 Å². The zero-order valence-electron chi connectivity index (χ0n) is 19.2. The van der Waals surface area contributed by atoms with Crippen molar-refractivity contribution in [1.29, 1.82) is 0 Å². The first-order valence-corrected chi connectivity index (χ1v) is 13.0. The van der Waals surface area contributed by atoms with Gasteiger partial charge in [-0.15, -0.1) is 0 Å². The van der Waals surface area contributed by atoms with Gasteiger partial charge in [-0.25, -0.2) is 0 Å². The van der Waals surface area contributed by atoms with Crippen molar-refractivity contribution in [2.24, 2.45) is 0 Å². The second-order valence-electron chi connectivity index (χ2n) is 10.3. The van der Waals surface area contributed by atoms with E-state index < -0.39 is 8.32 Å². The van der Waals surface area contributed by atoms with Crippen molar-refractivity contribution >= 4 is 20.9 Å². The van der Waals surface area contributed by atoms with E-state index >= 15 is 0 Å². The summed E-state index contributed by atoms with van der Waals surface area (Å²) in [6, 6.07) is 2.14. The minimum Gasteiger partial charge on any atom is -0.408 e. The van der Waals surface area contributed by atoms with Crippen LogP contribution < -0.4 is 5.46 Å². The molecule has 2 heterocycles. The number of aromatic nitrogens is 1. The lowest BCUT2D eigenvalue weighted by molar-refractivity contribution is 0.00578. The molecule has 0 aliphatic carbocycles. The number of nitrogens with zero attached hydrogens (tertiary/aromatic N) is 1. The Morgan fingerprint density at radius 3 is 2.07 bits per heavy atom. The van der Waals surface area contributed by atoms with Gasteiger partial charge in [-0.3, -0.25) is 4.98 Å². The highest BCUT2D eigenvalue weighted by Crippen LogP contribution is 2.40. The topological polar surface area (TPSA) is 40.6 Å². The van der Waals surface area contributed by atoms with Gasteiger partial charge < -0.3 is 13.7 Å². The van der Waals surface area contributed by atoms with Gasteiger partial charge in [-0.1, -0.05) is 27.7 Å². The summed E-state index contributed by atoms with van der Waals surface area (Å²) in [5.74, 6) is 0. The summed E-state index contributed by atoms with van der Waals surface area (Å²) >= 11 is 0. The molecule has 0 bridgehead atoms. The number of aryl methyl sites for hydroxylation is 1. The van der Waals surface area contributed by atoms with Crippen LogP contribution in [0.15, 0.2) is 12.3 Å². The van der Waals surface area contributed by atoms with Gasteiger partial charge in [-0.05, 0) is 70.8 Å². The van der Waals surface area contributed by atoms with Crippen molar-refractivity contribution in [3.8, 4) is 0 Å². The predicted molar refractivity (Wildman–Crippen MR) is 116 cm³/mol. The van der Waals surface area contributed by atoms with E-state index in [2.05, 4.69) is 81.5 Å². The number of hydrogen-bond donors (Lipinski definition) is 0. The van der Waals surface area contributed by atoms with Crippen molar-refractivity contribution < 1.29 is 13.7 Å². The van der Waals surface area contributed by atoms with Crippen molar-refractivity contribution in [2.75, 3.05) is 0 Å². The maximum atomic E-state index is 6.64. The minimum atomic E-state index is -1.86. The van der Waals surface area contributed by atoms with E-state index in [0.717, 1.165) is 23.1 Å². The highest BCUT2D eigenvalue weighted by atomic mass is 28.4. The van der Waals surface area contributed by atoms with Gasteiger partial charge in [0.1, 0.15) is 0 Å². The highest BCUT2D eigenvalue weighted by molar-refractivity contribution is 6.74. The van der Waals surface area contributed by atoms with Crippen LogP contribution in [-0.2, 0) is 13.7 Å². The van der Waals surface area contributed by atoms with Crippen LogP contribution in [0.5, 0.6) is 0 Å². The van der Waals surface area contributed by atoms with Gasteiger partial charge in [0, 0.05) is 11.7 Å². The molecule has 0 spiro atoms. The van der Waals surface area contributed by atoms with Crippen molar-refractivity contribution in [1.82, 2.24) is 4.98 Å². The fourth-order valence-electron chi connectivity index (χ4n) is 2.87. The van der Waals surface area contributed by atoms with E-state index in [4.69, 9.17) is 18.7 Å². The van der Waals surface area contributed by atoms with Gasteiger partial charge >= 0.3 is 7.12 Å². The van der Waals surface area contributed by atoms with Crippen LogP contribution in [0.3, 0.4) is 0 Å². The van der Waals surface area contributed by atoms with Gasteiger partial charge in [-0.2, -0.15) is 0 Å². The molecule has 4 nitrogen and oxygen atoms in total. The molecule has 0 radical (unpaired) electrons. The quantitative estimate of drug-likeness (QED) is 0.650. The number of pyridine rings is 1. The molecule has 1 aromatic heterocycles. The first-order valence-electron chi connectivity index (χ1n) is 10.1. The van der Waals surface area contributed by atoms with E-state index in [1.54, 1.807) is 0 Å². The summed E-state index contributed by atoms with van der Waals surface area (Å²) in [5.41, 5.74) is 2.44. The smallest absolute Gasteiger partial charge is 0.408 e. The Labute approximate surface area is 167 Å². The average molecular weight is 391 g/mol. The van der Waals surface area contributed by atoms with Crippen LogP contribution in [0.1, 0.15) is 79.2 Å². The third kappa shape index (κ3) is 4.50. The Kier molecular flexibility index (Phi) is 6.10. The Hall–Kier alpha value is -0.688. The molecule has 6 heteroatoms. The first kappa shape index (κ1) is 22.6. The molecule has 0 saturated carbocycles. The van der Waals surface area contributed by atoms with Crippen LogP contribution in [0.25, 0.3) is 0 Å². The van der Waals surface area contributed by atoms with E-state index in [1.807, 2.05) is 6.20 Å². The molecule has 0 aromatic carbocycles. The van der Waals surface area contributed by atoms with Crippen molar-refractivity contribution in [2.45, 2.75) is 104 Å². The summed E-state index contributed by atoms with van der Waals surface area (Å²) in [5, 5.41) is 0.179. The summed E-state index contributed by atoms with van der Waals surface area (Å²) < 4.78 is 19.0. The first-order chi connectivity index (χ1) is 12.1. The second-order valence-corrected chi connectivity index (χ2v) is 15.1. The second kappa shape index (κ2) is 7.29. The van der Waals surface area contributed by atoms with E-state index in [0.29, 0.717) is 0 Å². The standard InChI is InChI=1S/C21H38BNO3Si/c1-12-18(24-27(10,11)19(3,4)5)17-13-15(2)16(14-23-17)22-25-20(6,7)21(8,9)26-22/h13-14,18H,12H2,1-11H3/t18-/m0/s1.